The average molecular weight is 338 g/mol. The Balaban J connectivity index is 1.70. The molecular weight excluding hydrogens is 320 g/mol. The maximum Gasteiger partial charge on any atom is 0.240 e. The van der Waals surface area contributed by atoms with Crippen molar-refractivity contribution in [2.45, 2.75) is 37.1 Å². The smallest absolute Gasteiger partial charge is 0.240 e. The third kappa shape index (κ3) is 3.31. The van der Waals surface area contributed by atoms with Gasteiger partial charge in [-0.1, -0.05) is 0 Å². The van der Waals surface area contributed by atoms with Crippen LogP contribution < -0.4 is 9.46 Å². The van der Waals surface area contributed by atoms with Gasteiger partial charge in [-0.25, -0.2) is 18.1 Å². The number of hydrogen-bond acceptors (Lipinski definition) is 5. The van der Waals surface area contributed by atoms with E-state index < -0.39 is 10.0 Å². The molecule has 118 valence electrons. The lowest BCUT2D eigenvalue weighted by Gasteiger charge is -2.09. The summed E-state index contributed by atoms with van der Waals surface area (Å²) in [6, 6.07) is 4.82. The van der Waals surface area contributed by atoms with Crippen LogP contribution in [0.25, 0.3) is 0 Å². The van der Waals surface area contributed by atoms with E-state index in [0.717, 1.165) is 16.3 Å². The maximum atomic E-state index is 12.3. The van der Waals surface area contributed by atoms with Crippen molar-refractivity contribution < 1.29 is 13.2 Å². The molecule has 22 heavy (non-hydrogen) atoms. The largest absolute Gasteiger partial charge is 0.496 e. The van der Waals surface area contributed by atoms with Gasteiger partial charge in [0.15, 0.2) is 0 Å². The Kier molecular flexibility index (Phi) is 4.20. The summed E-state index contributed by atoms with van der Waals surface area (Å²) in [5.41, 5.74) is 1.57. The first-order chi connectivity index (χ1) is 10.5. The first-order valence-corrected chi connectivity index (χ1v) is 9.44. The zero-order valence-corrected chi connectivity index (χ0v) is 14.1. The Hall–Kier alpha value is -1.44. The van der Waals surface area contributed by atoms with E-state index in [1.54, 1.807) is 36.6 Å². The van der Waals surface area contributed by atoms with Gasteiger partial charge < -0.3 is 4.74 Å². The summed E-state index contributed by atoms with van der Waals surface area (Å²) in [4.78, 5) is 4.72. The molecule has 0 aliphatic heterocycles. The fourth-order valence-electron chi connectivity index (χ4n) is 2.19. The van der Waals surface area contributed by atoms with E-state index >= 15 is 0 Å². The van der Waals surface area contributed by atoms with Crippen LogP contribution in [0, 0.1) is 6.92 Å². The summed E-state index contributed by atoms with van der Waals surface area (Å²) < 4.78 is 32.4. The molecule has 1 aromatic carbocycles. The predicted octanol–water partition coefficient (Wildman–Crippen LogP) is 2.82. The van der Waals surface area contributed by atoms with Gasteiger partial charge in [0.25, 0.3) is 0 Å². The van der Waals surface area contributed by atoms with Crippen molar-refractivity contribution in [2.75, 3.05) is 7.11 Å². The van der Waals surface area contributed by atoms with Gasteiger partial charge >= 0.3 is 0 Å². The average Bonchev–Trinajstić information content (AvgIpc) is 3.24. The normalized spacial score (nSPS) is 15.0. The van der Waals surface area contributed by atoms with Crippen LogP contribution >= 0.6 is 11.3 Å². The van der Waals surface area contributed by atoms with Crippen LogP contribution in [0.5, 0.6) is 5.75 Å². The molecule has 1 aromatic heterocycles. The fraction of sp³-hybridized carbons (Fsp3) is 0.400. The monoisotopic (exact) mass is 338 g/mol. The molecule has 0 radical (unpaired) electrons. The molecule has 5 nitrogen and oxygen atoms in total. The highest BCUT2D eigenvalue weighted by molar-refractivity contribution is 7.89. The summed E-state index contributed by atoms with van der Waals surface area (Å²) in [7, 11) is -1.98. The quantitative estimate of drug-likeness (QED) is 0.879. The minimum Gasteiger partial charge on any atom is -0.496 e. The van der Waals surface area contributed by atoms with Crippen LogP contribution in [0.2, 0.25) is 0 Å². The highest BCUT2D eigenvalue weighted by Crippen LogP contribution is 2.41. The van der Waals surface area contributed by atoms with E-state index in [2.05, 4.69) is 9.71 Å². The van der Waals surface area contributed by atoms with E-state index in [-0.39, 0.29) is 11.4 Å². The minimum absolute atomic E-state index is 0.219. The van der Waals surface area contributed by atoms with E-state index in [4.69, 9.17) is 4.74 Å². The molecule has 0 spiro atoms. The molecule has 0 bridgehead atoms. The van der Waals surface area contributed by atoms with Gasteiger partial charge in [-0.3, -0.25) is 0 Å². The van der Waals surface area contributed by atoms with Crippen LogP contribution in [-0.4, -0.2) is 20.5 Å². The number of benzene rings is 1. The molecule has 0 amide bonds. The van der Waals surface area contributed by atoms with Crippen LogP contribution in [0.4, 0.5) is 0 Å². The van der Waals surface area contributed by atoms with E-state index in [1.807, 2.05) is 12.3 Å². The first-order valence-electron chi connectivity index (χ1n) is 7.08. The highest BCUT2D eigenvalue weighted by atomic mass is 32.2. The van der Waals surface area contributed by atoms with Gasteiger partial charge in [0.1, 0.15) is 5.75 Å². The first kappa shape index (κ1) is 15.5. The molecule has 1 N–H and O–H groups in total. The number of ether oxygens (including phenoxy) is 1. The van der Waals surface area contributed by atoms with Crippen LogP contribution in [0.15, 0.2) is 28.5 Å². The van der Waals surface area contributed by atoms with Crippen molar-refractivity contribution in [2.24, 2.45) is 0 Å². The lowest BCUT2D eigenvalue weighted by atomic mass is 10.2. The Morgan fingerprint density at radius 2 is 2.18 bits per heavy atom. The summed E-state index contributed by atoms with van der Waals surface area (Å²) in [5, 5.41) is 3.05. The van der Waals surface area contributed by atoms with Crippen LogP contribution in [0.3, 0.4) is 0 Å². The zero-order valence-electron chi connectivity index (χ0n) is 12.5. The van der Waals surface area contributed by atoms with E-state index in [1.165, 1.54) is 12.8 Å². The van der Waals surface area contributed by atoms with Crippen molar-refractivity contribution >= 4 is 21.4 Å². The lowest BCUT2D eigenvalue weighted by Crippen LogP contribution is -2.23. The third-order valence-corrected chi connectivity index (χ3v) is 6.07. The standard InChI is InChI=1S/C15H18N2O3S2/c1-10-7-13(5-6-14(10)20-2)22(18,19)16-8-12-9-21-15(17-12)11-3-4-11/h5-7,9,11,16H,3-4,8H2,1-2H3. The number of aryl methyl sites for hydroxylation is 1. The SMILES string of the molecule is COc1ccc(S(=O)(=O)NCc2csc(C3CC3)n2)cc1C. The van der Waals surface area contributed by atoms with Gasteiger partial charge in [-0.2, -0.15) is 0 Å². The third-order valence-electron chi connectivity index (χ3n) is 3.62. The number of aromatic nitrogens is 1. The molecule has 1 saturated carbocycles. The molecule has 0 unspecified atom stereocenters. The van der Waals surface area contributed by atoms with Gasteiger partial charge in [0.05, 0.1) is 29.3 Å². The summed E-state index contributed by atoms with van der Waals surface area (Å²) in [5.74, 6) is 1.27. The molecule has 1 aliphatic rings. The van der Waals surface area contributed by atoms with Crippen molar-refractivity contribution in [1.29, 1.82) is 0 Å². The number of thiazole rings is 1. The van der Waals surface area contributed by atoms with Crippen molar-refractivity contribution in [1.82, 2.24) is 9.71 Å². The van der Waals surface area contributed by atoms with Crippen molar-refractivity contribution in [3.63, 3.8) is 0 Å². The van der Waals surface area contributed by atoms with Crippen molar-refractivity contribution in [3.8, 4) is 5.75 Å². The second-order valence-corrected chi connectivity index (χ2v) is 8.06. The maximum absolute atomic E-state index is 12.3. The number of nitrogens with one attached hydrogen (secondary N) is 1. The number of nitrogens with zero attached hydrogens (tertiary/aromatic N) is 1. The highest BCUT2D eigenvalue weighted by Gasteiger charge is 2.26. The van der Waals surface area contributed by atoms with Crippen LogP contribution in [-0.2, 0) is 16.6 Å². The minimum atomic E-state index is -3.54. The van der Waals surface area contributed by atoms with Crippen LogP contribution in [0.1, 0.15) is 35.0 Å². The Morgan fingerprint density at radius 1 is 1.41 bits per heavy atom. The molecule has 1 fully saturated rings. The fourth-order valence-corrected chi connectivity index (χ4v) is 4.27. The molecule has 2 aromatic rings. The second-order valence-electron chi connectivity index (χ2n) is 5.41. The molecule has 0 saturated heterocycles. The number of rotatable bonds is 6. The molecular formula is C15H18N2O3S2. The summed E-state index contributed by atoms with van der Waals surface area (Å²) in [6.45, 7) is 2.04. The topological polar surface area (TPSA) is 68.3 Å². The lowest BCUT2D eigenvalue weighted by molar-refractivity contribution is 0.411. The number of sulfonamides is 1. The molecule has 0 atom stereocenters. The Labute approximate surface area is 134 Å². The predicted molar refractivity (Wildman–Crippen MR) is 85.8 cm³/mol. The van der Waals surface area contributed by atoms with E-state index in [9.17, 15) is 8.42 Å². The molecule has 1 aliphatic carbocycles. The number of methoxy groups -OCH3 is 1. The van der Waals surface area contributed by atoms with Crippen molar-refractivity contribution in [3.05, 3.63) is 39.8 Å². The van der Waals surface area contributed by atoms with Gasteiger partial charge in [-0.05, 0) is 43.5 Å². The number of hydrogen-bond donors (Lipinski definition) is 1. The summed E-state index contributed by atoms with van der Waals surface area (Å²) >= 11 is 1.61. The van der Waals surface area contributed by atoms with E-state index in [0.29, 0.717) is 11.7 Å². The Bertz CT molecular complexity index is 780. The van der Waals surface area contributed by atoms with Gasteiger partial charge in [0, 0.05) is 11.3 Å². The zero-order chi connectivity index (χ0) is 15.7. The molecule has 1 heterocycles. The second kappa shape index (κ2) is 5.98. The summed E-state index contributed by atoms with van der Waals surface area (Å²) in [6.07, 6.45) is 2.40. The van der Waals surface area contributed by atoms with Gasteiger partial charge in [-0.15, -0.1) is 11.3 Å². The molecule has 7 heteroatoms. The van der Waals surface area contributed by atoms with Gasteiger partial charge in [0.2, 0.25) is 10.0 Å². The Morgan fingerprint density at radius 3 is 2.82 bits per heavy atom. The molecule has 3 rings (SSSR count).